The number of aromatic nitrogens is 1. The second-order valence-electron chi connectivity index (χ2n) is 3.90. The van der Waals surface area contributed by atoms with Gasteiger partial charge in [0.15, 0.2) is 0 Å². The van der Waals surface area contributed by atoms with Gasteiger partial charge in [-0.1, -0.05) is 0 Å². The van der Waals surface area contributed by atoms with Crippen molar-refractivity contribution in [1.82, 2.24) is 4.57 Å². The van der Waals surface area contributed by atoms with Gasteiger partial charge in [-0.25, -0.2) is 0 Å². The van der Waals surface area contributed by atoms with Crippen LogP contribution in [-0.4, -0.2) is 4.57 Å². The summed E-state index contributed by atoms with van der Waals surface area (Å²) in [7, 11) is 0. The summed E-state index contributed by atoms with van der Waals surface area (Å²) in [5.74, 6) is 0. The Hall–Kier alpha value is -1.56. The van der Waals surface area contributed by atoms with Gasteiger partial charge in [0, 0.05) is 12.2 Å². The fourth-order valence-electron chi connectivity index (χ4n) is 2.30. The second-order valence-corrected chi connectivity index (χ2v) is 3.90. The number of nitrogens with zero attached hydrogens (tertiary/aromatic N) is 2. The summed E-state index contributed by atoms with van der Waals surface area (Å²) in [5.41, 5.74) is 2.50. The molecule has 1 aliphatic carbocycles. The Morgan fingerprint density at radius 1 is 1.47 bits per heavy atom. The van der Waals surface area contributed by atoms with E-state index in [1.807, 2.05) is 13.0 Å². The largest absolute Gasteiger partial charge is 0.312 e. The standard InChI is InChI=1S/C12H14N2O/c1-2-14-11-6-4-3-5-9(11)7-10(8-13)12(14)15/h7H,2-6H2,1H3. The molecule has 0 unspecified atom stereocenters. The maximum Gasteiger partial charge on any atom is 0.268 e. The fraction of sp³-hybridized carbons (Fsp3) is 0.500. The Morgan fingerprint density at radius 3 is 2.87 bits per heavy atom. The van der Waals surface area contributed by atoms with Crippen LogP contribution in [0.25, 0.3) is 0 Å². The Morgan fingerprint density at radius 2 is 2.20 bits per heavy atom. The lowest BCUT2D eigenvalue weighted by atomic mass is 9.94. The first-order valence-electron chi connectivity index (χ1n) is 5.43. The summed E-state index contributed by atoms with van der Waals surface area (Å²) in [6.45, 7) is 2.62. The monoisotopic (exact) mass is 202 g/mol. The topological polar surface area (TPSA) is 45.8 Å². The molecule has 0 aromatic carbocycles. The highest BCUT2D eigenvalue weighted by molar-refractivity contribution is 5.35. The first kappa shape index (κ1) is 9.97. The van der Waals surface area contributed by atoms with Gasteiger partial charge < -0.3 is 4.57 Å². The van der Waals surface area contributed by atoms with E-state index in [2.05, 4.69) is 0 Å². The van der Waals surface area contributed by atoms with Crippen LogP contribution in [0, 0.1) is 11.3 Å². The molecule has 3 heteroatoms. The molecule has 1 aliphatic rings. The van der Waals surface area contributed by atoms with E-state index in [1.165, 1.54) is 12.0 Å². The maximum absolute atomic E-state index is 11.8. The minimum absolute atomic E-state index is 0.124. The van der Waals surface area contributed by atoms with Gasteiger partial charge in [0.05, 0.1) is 0 Å². The van der Waals surface area contributed by atoms with Crippen molar-refractivity contribution < 1.29 is 0 Å². The van der Waals surface area contributed by atoms with Crippen LogP contribution in [0.4, 0.5) is 0 Å². The summed E-state index contributed by atoms with van der Waals surface area (Å²) in [5, 5.41) is 8.88. The Labute approximate surface area is 89.0 Å². The highest BCUT2D eigenvalue weighted by Gasteiger charge is 2.16. The molecule has 0 atom stereocenters. The molecule has 1 aromatic rings. The van der Waals surface area contributed by atoms with Gasteiger partial charge in [-0.2, -0.15) is 5.26 Å². The van der Waals surface area contributed by atoms with E-state index in [1.54, 1.807) is 10.6 Å². The average molecular weight is 202 g/mol. The first-order chi connectivity index (χ1) is 7.27. The van der Waals surface area contributed by atoms with Crippen LogP contribution in [0.15, 0.2) is 10.9 Å². The van der Waals surface area contributed by atoms with Crippen molar-refractivity contribution >= 4 is 0 Å². The molecule has 15 heavy (non-hydrogen) atoms. The Bertz CT molecular complexity index is 480. The minimum Gasteiger partial charge on any atom is -0.312 e. The molecule has 0 aliphatic heterocycles. The third kappa shape index (κ3) is 1.56. The van der Waals surface area contributed by atoms with Gasteiger partial charge in [-0.05, 0) is 44.2 Å². The van der Waals surface area contributed by atoms with Crippen molar-refractivity contribution in [3.05, 3.63) is 33.2 Å². The highest BCUT2D eigenvalue weighted by Crippen LogP contribution is 2.20. The molecule has 78 valence electrons. The fourth-order valence-corrected chi connectivity index (χ4v) is 2.30. The van der Waals surface area contributed by atoms with Gasteiger partial charge in [0.1, 0.15) is 11.6 Å². The number of hydrogen-bond acceptors (Lipinski definition) is 2. The van der Waals surface area contributed by atoms with E-state index < -0.39 is 0 Å². The zero-order chi connectivity index (χ0) is 10.8. The van der Waals surface area contributed by atoms with Gasteiger partial charge >= 0.3 is 0 Å². The zero-order valence-corrected chi connectivity index (χ0v) is 8.92. The molecule has 3 nitrogen and oxygen atoms in total. The molecule has 0 saturated heterocycles. The molecule has 0 spiro atoms. The van der Waals surface area contributed by atoms with E-state index in [9.17, 15) is 4.79 Å². The van der Waals surface area contributed by atoms with E-state index in [4.69, 9.17) is 5.26 Å². The lowest BCUT2D eigenvalue weighted by Gasteiger charge is -2.20. The summed E-state index contributed by atoms with van der Waals surface area (Å²) >= 11 is 0. The number of nitriles is 1. The quantitative estimate of drug-likeness (QED) is 0.694. The van der Waals surface area contributed by atoms with Gasteiger partial charge in [-0.3, -0.25) is 4.79 Å². The molecule has 0 radical (unpaired) electrons. The van der Waals surface area contributed by atoms with Crippen molar-refractivity contribution in [2.75, 3.05) is 0 Å². The van der Waals surface area contributed by atoms with Gasteiger partial charge in [0.25, 0.3) is 5.56 Å². The predicted molar refractivity (Wildman–Crippen MR) is 57.7 cm³/mol. The van der Waals surface area contributed by atoms with Gasteiger partial charge in [0.2, 0.25) is 0 Å². The lowest BCUT2D eigenvalue weighted by Crippen LogP contribution is -2.28. The van der Waals surface area contributed by atoms with E-state index in [0.29, 0.717) is 6.54 Å². The summed E-state index contributed by atoms with van der Waals surface area (Å²) in [6.07, 6.45) is 4.30. The minimum atomic E-state index is -0.124. The van der Waals surface area contributed by atoms with Gasteiger partial charge in [-0.15, -0.1) is 0 Å². The molecule has 1 heterocycles. The number of rotatable bonds is 1. The van der Waals surface area contributed by atoms with Crippen LogP contribution in [0.1, 0.15) is 36.6 Å². The lowest BCUT2D eigenvalue weighted by molar-refractivity contribution is 0.590. The smallest absolute Gasteiger partial charge is 0.268 e. The zero-order valence-electron chi connectivity index (χ0n) is 8.92. The summed E-state index contributed by atoms with van der Waals surface area (Å²) in [6, 6.07) is 3.77. The van der Waals surface area contributed by atoms with Crippen molar-refractivity contribution in [2.24, 2.45) is 0 Å². The average Bonchev–Trinajstić information content (AvgIpc) is 2.28. The van der Waals surface area contributed by atoms with Crippen LogP contribution in [0.5, 0.6) is 0 Å². The van der Waals surface area contributed by atoms with Crippen LogP contribution >= 0.6 is 0 Å². The van der Waals surface area contributed by atoms with E-state index in [0.717, 1.165) is 25.0 Å². The number of pyridine rings is 1. The Balaban J connectivity index is 2.70. The van der Waals surface area contributed by atoms with Crippen molar-refractivity contribution in [3.8, 4) is 6.07 Å². The highest BCUT2D eigenvalue weighted by atomic mass is 16.1. The van der Waals surface area contributed by atoms with Crippen LogP contribution < -0.4 is 5.56 Å². The summed E-state index contributed by atoms with van der Waals surface area (Å²) in [4.78, 5) is 11.8. The third-order valence-corrected chi connectivity index (χ3v) is 3.04. The molecular formula is C12H14N2O. The number of fused-ring (bicyclic) bond motifs is 1. The second kappa shape index (κ2) is 3.90. The molecular weight excluding hydrogens is 188 g/mol. The maximum atomic E-state index is 11.8. The molecule has 0 amide bonds. The Kier molecular flexibility index (Phi) is 2.59. The predicted octanol–water partition coefficient (Wildman–Crippen LogP) is 1.62. The third-order valence-electron chi connectivity index (χ3n) is 3.04. The molecule has 0 fully saturated rings. The van der Waals surface area contributed by atoms with Crippen molar-refractivity contribution in [2.45, 2.75) is 39.2 Å². The van der Waals surface area contributed by atoms with Crippen LogP contribution in [0.3, 0.4) is 0 Å². The molecule has 0 saturated carbocycles. The SMILES string of the molecule is CCn1c2c(cc(C#N)c1=O)CCCC2. The molecule has 2 rings (SSSR count). The summed E-state index contributed by atoms with van der Waals surface area (Å²) < 4.78 is 1.76. The van der Waals surface area contributed by atoms with E-state index >= 15 is 0 Å². The number of aryl methyl sites for hydroxylation is 1. The molecule has 0 bridgehead atoms. The molecule has 0 N–H and O–H groups in total. The van der Waals surface area contributed by atoms with Crippen LogP contribution in [-0.2, 0) is 19.4 Å². The van der Waals surface area contributed by atoms with Crippen LogP contribution in [0.2, 0.25) is 0 Å². The van der Waals surface area contributed by atoms with E-state index in [-0.39, 0.29) is 11.1 Å². The first-order valence-corrected chi connectivity index (χ1v) is 5.43. The molecule has 1 aromatic heterocycles. The van der Waals surface area contributed by atoms with Crippen molar-refractivity contribution in [3.63, 3.8) is 0 Å². The number of hydrogen-bond donors (Lipinski definition) is 0. The normalized spacial score (nSPS) is 14.4. The van der Waals surface area contributed by atoms with Crippen molar-refractivity contribution in [1.29, 1.82) is 5.26 Å².